The second-order valence-corrected chi connectivity index (χ2v) is 6.99. The largest absolute Gasteiger partial charge is 0.507 e. The normalized spacial score (nSPS) is 18.5. The van der Waals surface area contributed by atoms with Crippen LogP contribution in [0, 0.1) is 10.1 Å². The maximum absolute atomic E-state index is 12.6. The highest BCUT2D eigenvalue weighted by Crippen LogP contribution is 2.39. The zero-order valence-electron chi connectivity index (χ0n) is 14.4. The van der Waals surface area contributed by atoms with Gasteiger partial charge in [-0.25, -0.2) is 0 Å². The van der Waals surface area contributed by atoms with Crippen molar-refractivity contribution in [1.82, 2.24) is 4.90 Å². The zero-order chi connectivity index (χ0) is 20.4. The van der Waals surface area contributed by atoms with E-state index < -0.39 is 28.4 Å². The lowest BCUT2D eigenvalue weighted by Crippen LogP contribution is -2.32. The van der Waals surface area contributed by atoms with Gasteiger partial charge in [-0.2, -0.15) is 0 Å². The quantitative estimate of drug-likeness (QED) is 0.239. The number of aliphatic hydroxyl groups is 2. The summed E-state index contributed by atoms with van der Waals surface area (Å²) < 4.78 is 0.797. The molecular weight excluding hydrogens is 432 g/mol. The Morgan fingerprint density at radius 3 is 2.25 bits per heavy atom. The van der Waals surface area contributed by atoms with E-state index in [1.54, 1.807) is 24.3 Å². The van der Waals surface area contributed by atoms with Gasteiger partial charge in [-0.3, -0.25) is 19.7 Å². The molecule has 28 heavy (non-hydrogen) atoms. The Balaban J connectivity index is 2.14. The molecule has 0 aromatic heterocycles. The number of likely N-dealkylation sites (tertiary alicyclic amines) is 1. The molecule has 2 aromatic carbocycles. The van der Waals surface area contributed by atoms with Crippen molar-refractivity contribution in [2.45, 2.75) is 6.04 Å². The van der Waals surface area contributed by atoms with Crippen LogP contribution in [0.25, 0.3) is 5.76 Å². The summed E-state index contributed by atoms with van der Waals surface area (Å²) in [5.41, 5.74) is 0.463. The molecule has 1 aliphatic rings. The number of carbonyl (C=O) groups is 2. The minimum Gasteiger partial charge on any atom is -0.507 e. The number of β-amino-alcohol motifs (C(OH)–C–C–N with tert-alkyl or cyclic N) is 1. The number of hydrogen-bond acceptors (Lipinski definition) is 6. The summed E-state index contributed by atoms with van der Waals surface area (Å²) in [7, 11) is 0. The molecule has 1 heterocycles. The maximum atomic E-state index is 12.6. The second-order valence-electron chi connectivity index (χ2n) is 6.07. The van der Waals surface area contributed by atoms with E-state index in [2.05, 4.69) is 15.9 Å². The van der Waals surface area contributed by atoms with E-state index in [-0.39, 0.29) is 30.0 Å². The van der Waals surface area contributed by atoms with Gasteiger partial charge in [0.15, 0.2) is 0 Å². The van der Waals surface area contributed by atoms with Crippen LogP contribution in [0.15, 0.2) is 58.6 Å². The van der Waals surface area contributed by atoms with E-state index in [0.717, 1.165) is 4.47 Å². The van der Waals surface area contributed by atoms with Gasteiger partial charge < -0.3 is 15.1 Å². The van der Waals surface area contributed by atoms with Crippen LogP contribution in [0.2, 0.25) is 0 Å². The molecule has 0 saturated carbocycles. The number of ketones is 1. The molecule has 1 amide bonds. The van der Waals surface area contributed by atoms with Gasteiger partial charge in [0.2, 0.25) is 0 Å². The average Bonchev–Trinajstić information content (AvgIpc) is 2.93. The number of rotatable bonds is 5. The number of carbonyl (C=O) groups excluding carboxylic acids is 2. The van der Waals surface area contributed by atoms with Crippen molar-refractivity contribution in [3.05, 3.63) is 79.8 Å². The topological polar surface area (TPSA) is 121 Å². The van der Waals surface area contributed by atoms with Crippen LogP contribution in [-0.4, -0.2) is 44.9 Å². The van der Waals surface area contributed by atoms with E-state index in [4.69, 9.17) is 0 Å². The first kappa shape index (κ1) is 19.7. The standard InChI is InChI=1S/C19H15BrN2O6/c20-13-5-1-11(2-6-13)16-15(18(25)19(26)21(16)9-10-23)17(24)12-3-7-14(8-4-12)22(27)28/h1-8,16,23-24H,9-10H2/b17-15+/t16-/m1/s1. The first-order valence-electron chi connectivity index (χ1n) is 8.24. The Morgan fingerprint density at radius 1 is 1.11 bits per heavy atom. The Hall–Kier alpha value is -3.04. The molecule has 1 aliphatic heterocycles. The van der Waals surface area contributed by atoms with Crippen molar-refractivity contribution in [1.29, 1.82) is 0 Å². The molecule has 0 aliphatic carbocycles. The van der Waals surface area contributed by atoms with Crippen LogP contribution >= 0.6 is 15.9 Å². The zero-order valence-corrected chi connectivity index (χ0v) is 16.0. The summed E-state index contributed by atoms with van der Waals surface area (Å²) in [5, 5.41) is 30.9. The molecule has 0 radical (unpaired) electrons. The van der Waals surface area contributed by atoms with E-state index in [1.165, 1.54) is 29.2 Å². The van der Waals surface area contributed by atoms with Gasteiger partial charge in [-0.05, 0) is 29.8 Å². The first-order valence-corrected chi connectivity index (χ1v) is 9.04. The third kappa shape index (κ3) is 3.54. The highest BCUT2D eigenvalue weighted by Gasteiger charge is 2.45. The van der Waals surface area contributed by atoms with Gasteiger partial charge in [0.05, 0.1) is 23.1 Å². The lowest BCUT2D eigenvalue weighted by atomic mass is 9.95. The molecule has 2 N–H and O–H groups in total. The van der Waals surface area contributed by atoms with Gasteiger partial charge >= 0.3 is 0 Å². The number of halogens is 1. The second kappa shape index (κ2) is 7.91. The Kier molecular flexibility index (Phi) is 5.57. The van der Waals surface area contributed by atoms with Crippen molar-refractivity contribution in [2.75, 3.05) is 13.2 Å². The molecule has 0 bridgehead atoms. The molecule has 1 atom stereocenters. The number of nitro benzene ring substituents is 1. The third-order valence-corrected chi connectivity index (χ3v) is 4.95. The molecule has 2 aromatic rings. The van der Waals surface area contributed by atoms with E-state index in [1.807, 2.05) is 0 Å². The predicted octanol–water partition coefficient (Wildman–Crippen LogP) is 2.77. The molecule has 1 saturated heterocycles. The highest BCUT2D eigenvalue weighted by atomic mass is 79.9. The van der Waals surface area contributed by atoms with Gasteiger partial charge in [0.1, 0.15) is 5.76 Å². The van der Waals surface area contributed by atoms with Crippen LogP contribution in [0.5, 0.6) is 0 Å². The fourth-order valence-corrected chi connectivity index (χ4v) is 3.37. The van der Waals surface area contributed by atoms with Crippen molar-refractivity contribution in [3.8, 4) is 0 Å². The van der Waals surface area contributed by atoms with E-state index >= 15 is 0 Å². The number of aliphatic hydroxyl groups excluding tert-OH is 2. The maximum Gasteiger partial charge on any atom is 0.295 e. The molecule has 144 valence electrons. The molecule has 0 unspecified atom stereocenters. The van der Waals surface area contributed by atoms with Crippen LogP contribution in [0.4, 0.5) is 5.69 Å². The summed E-state index contributed by atoms with van der Waals surface area (Å²) in [4.78, 5) is 36.5. The van der Waals surface area contributed by atoms with Crippen molar-refractivity contribution < 1.29 is 24.7 Å². The number of nitrogens with zero attached hydrogens (tertiary/aromatic N) is 2. The Morgan fingerprint density at radius 2 is 1.71 bits per heavy atom. The molecule has 1 fully saturated rings. The van der Waals surface area contributed by atoms with Gasteiger partial charge in [0.25, 0.3) is 17.4 Å². The first-order chi connectivity index (χ1) is 13.3. The van der Waals surface area contributed by atoms with Crippen LogP contribution in [0.3, 0.4) is 0 Å². The van der Waals surface area contributed by atoms with Crippen LogP contribution < -0.4 is 0 Å². The number of hydrogen-bond donors (Lipinski definition) is 2. The number of non-ortho nitro benzene ring substituents is 1. The molecule has 3 rings (SSSR count). The summed E-state index contributed by atoms with van der Waals surface area (Å²) >= 11 is 3.32. The summed E-state index contributed by atoms with van der Waals surface area (Å²) in [6.45, 7) is -0.431. The smallest absolute Gasteiger partial charge is 0.295 e. The van der Waals surface area contributed by atoms with Crippen LogP contribution in [0.1, 0.15) is 17.2 Å². The van der Waals surface area contributed by atoms with E-state index in [0.29, 0.717) is 5.56 Å². The van der Waals surface area contributed by atoms with Gasteiger partial charge in [-0.15, -0.1) is 0 Å². The van der Waals surface area contributed by atoms with Gasteiger partial charge in [0, 0.05) is 28.7 Å². The van der Waals surface area contributed by atoms with Crippen molar-refractivity contribution in [3.63, 3.8) is 0 Å². The van der Waals surface area contributed by atoms with Gasteiger partial charge in [-0.1, -0.05) is 28.1 Å². The van der Waals surface area contributed by atoms with Crippen molar-refractivity contribution in [2.24, 2.45) is 0 Å². The minimum absolute atomic E-state index is 0.0810. The number of benzene rings is 2. The average molecular weight is 447 g/mol. The Labute approximate surface area is 168 Å². The number of amides is 1. The lowest BCUT2D eigenvalue weighted by Gasteiger charge is -2.24. The monoisotopic (exact) mass is 446 g/mol. The molecule has 8 nitrogen and oxygen atoms in total. The Bertz CT molecular complexity index is 969. The fourth-order valence-electron chi connectivity index (χ4n) is 3.11. The van der Waals surface area contributed by atoms with Crippen LogP contribution in [-0.2, 0) is 9.59 Å². The fraction of sp³-hybridized carbons (Fsp3) is 0.158. The number of Topliss-reactive ketones (excluding diaryl/α,β-unsaturated/α-hetero) is 1. The predicted molar refractivity (Wildman–Crippen MR) is 103 cm³/mol. The molecular formula is C19H15BrN2O6. The molecule has 0 spiro atoms. The summed E-state index contributed by atoms with van der Waals surface area (Å²) in [6, 6.07) is 11.0. The lowest BCUT2D eigenvalue weighted by molar-refractivity contribution is -0.384. The highest BCUT2D eigenvalue weighted by molar-refractivity contribution is 9.10. The summed E-state index contributed by atoms with van der Waals surface area (Å²) in [6.07, 6.45) is 0. The summed E-state index contributed by atoms with van der Waals surface area (Å²) in [5.74, 6) is -2.13. The minimum atomic E-state index is -0.879. The van der Waals surface area contributed by atoms with E-state index in [9.17, 15) is 29.9 Å². The van der Waals surface area contributed by atoms with Crippen molar-refractivity contribution >= 4 is 39.1 Å². The third-order valence-electron chi connectivity index (χ3n) is 4.42. The SMILES string of the molecule is O=C1C(=O)N(CCO)[C@H](c2ccc(Br)cc2)/C1=C(\O)c1ccc([N+](=O)[O-])cc1. The molecule has 9 heteroatoms. The number of nitro groups is 1.